The molecule has 0 amide bonds. The van der Waals surface area contributed by atoms with Crippen LogP contribution in [0.5, 0.6) is 0 Å². The summed E-state index contributed by atoms with van der Waals surface area (Å²) in [6.07, 6.45) is 1.26. The molecule has 0 saturated carbocycles. The fraction of sp³-hybridized carbons (Fsp3) is 1.00. The summed E-state index contributed by atoms with van der Waals surface area (Å²) < 4.78 is 0. The summed E-state index contributed by atoms with van der Waals surface area (Å²) in [7, 11) is 4.35. The normalized spacial score (nSPS) is 7.41. The Hall–Kier alpha value is -0.0800. The Labute approximate surface area is 115 Å². The van der Waals surface area contributed by atoms with Crippen molar-refractivity contribution >= 4 is 0 Å². The standard InChI is InChI=1S/C9H22N2.6CH4/c1-5-7-11(4)9-8-10(3)6-2;;;;;;/h5-9H2,1-4H3;6*1H4. The van der Waals surface area contributed by atoms with Gasteiger partial charge in [-0.05, 0) is 33.6 Å². The Morgan fingerprint density at radius 3 is 1.24 bits per heavy atom. The van der Waals surface area contributed by atoms with E-state index in [2.05, 4.69) is 37.7 Å². The lowest BCUT2D eigenvalue weighted by atomic mass is 10.4. The summed E-state index contributed by atoms with van der Waals surface area (Å²) in [5, 5.41) is 0. The van der Waals surface area contributed by atoms with Crippen molar-refractivity contribution in [3.63, 3.8) is 0 Å². The molecule has 0 aliphatic rings. The van der Waals surface area contributed by atoms with Gasteiger partial charge in [0.05, 0.1) is 0 Å². The minimum Gasteiger partial charge on any atom is -0.305 e. The predicted molar refractivity (Wildman–Crippen MR) is 91.3 cm³/mol. The van der Waals surface area contributed by atoms with Gasteiger partial charge in [0.1, 0.15) is 0 Å². The van der Waals surface area contributed by atoms with Crippen LogP contribution >= 0.6 is 0 Å². The molecule has 0 rings (SSSR count). The molecule has 0 radical (unpaired) electrons. The zero-order valence-electron chi connectivity index (χ0n) is 8.43. The third-order valence-corrected chi connectivity index (χ3v) is 2.01. The van der Waals surface area contributed by atoms with Gasteiger partial charge in [-0.3, -0.25) is 0 Å². The maximum Gasteiger partial charge on any atom is 0.0106 e. The summed E-state index contributed by atoms with van der Waals surface area (Å²) in [6, 6.07) is 0. The lowest BCUT2D eigenvalue weighted by Gasteiger charge is -2.19. The van der Waals surface area contributed by atoms with Crippen LogP contribution < -0.4 is 0 Å². The fourth-order valence-electron chi connectivity index (χ4n) is 0.993. The second-order valence-electron chi connectivity index (χ2n) is 3.20. The van der Waals surface area contributed by atoms with Gasteiger partial charge in [-0.15, -0.1) is 0 Å². The Balaban J connectivity index is -0.0000000333. The van der Waals surface area contributed by atoms with Crippen LogP contribution in [0.25, 0.3) is 0 Å². The van der Waals surface area contributed by atoms with Crippen molar-refractivity contribution in [2.45, 2.75) is 64.8 Å². The average Bonchev–Trinajstić information content (AvgIpc) is 2.01. The lowest BCUT2D eigenvalue weighted by molar-refractivity contribution is 0.264. The number of rotatable bonds is 6. The van der Waals surface area contributed by atoms with Gasteiger partial charge in [0.2, 0.25) is 0 Å². The van der Waals surface area contributed by atoms with Crippen LogP contribution in [0.3, 0.4) is 0 Å². The van der Waals surface area contributed by atoms with Crippen molar-refractivity contribution in [2.75, 3.05) is 40.3 Å². The van der Waals surface area contributed by atoms with E-state index in [1.807, 2.05) is 0 Å². The van der Waals surface area contributed by atoms with E-state index in [9.17, 15) is 0 Å². The van der Waals surface area contributed by atoms with Gasteiger partial charge in [-0.25, -0.2) is 0 Å². The molecule has 0 spiro atoms. The van der Waals surface area contributed by atoms with Crippen LogP contribution in [0.4, 0.5) is 0 Å². The fourth-order valence-corrected chi connectivity index (χ4v) is 0.993. The van der Waals surface area contributed by atoms with Gasteiger partial charge >= 0.3 is 0 Å². The Bertz CT molecular complexity index is 85.0. The highest BCUT2D eigenvalue weighted by Gasteiger charge is 1.97. The topological polar surface area (TPSA) is 6.48 Å². The van der Waals surface area contributed by atoms with Gasteiger partial charge < -0.3 is 9.80 Å². The first kappa shape index (κ1) is 43.6. The van der Waals surface area contributed by atoms with Gasteiger partial charge in [0.15, 0.2) is 0 Å². The van der Waals surface area contributed by atoms with E-state index in [0.29, 0.717) is 0 Å². The van der Waals surface area contributed by atoms with Crippen LogP contribution in [-0.4, -0.2) is 50.1 Å². The smallest absolute Gasteiger partial charge is 0.0106 e. The molecule has 0 heterocycles. The van der Waals surface area contributed by atoms with Gasteiger partial charge in [-0.2, -0.15) is 0 Å². The van der Waals surface area contributed by atoms with E-state index in [4.69, 9.17) is 0 Å². The number of likely N-dealkylation sites (N-methyl/N-ethyl adjacent to an activating group) is 2. The predicted octanol–water partition coefficient (Wildman–Crippen LogP) is 5.10. The van der Waals surface area contributed by atoms with Gasteiger partial charge in [0, 0.05) is 13.1 Å². The third kappa shape index (κ3) is 31.3. The Morgan fingerprint density at radius 2 is 0.941 bits per heavy atom. The Morgan fingerprint density at radius 1 is 0.588 bits per heavy atom. The van der Waals surface area contributed by atoms with E-state index in [-0.39, 0.29) is 44.6 Å². The maximum absolute atomic E-state index is 2.38. The van der Waals surface area contributed by atoms with E-state index in [1.165, 1.54) is 26.1 Å². The molecular formula is C15H46N2. The minimum atomic E-state index is 0. The van der Waals surface area contributed by atoms with E-state index in [0.717, 1.165) is 6.54 Å². The van der Waals surface area contributed by atoms with E-state index in [1.54, 1.807) is 0 Å². The lowest BCUT2D eigenvalue weighted by Crippen LogP contribution is -2.31. The Kier molecular flexibility index (Phi) is 76.2. The molecule has 0 fully saturated rings. The van der Waals surface area contributed by atoms with Crippen LogP contribution in [-0.2, 0) is 0 Å². The molecule has 0 atom stereocenters. The van der Waals surface area contributed by atoms with Gasteiger partial charge in [0.25, 0.3) is 0 Å². The second-order valence-corrected chi connectivity index (χ2v) is 3.20. The molecule has 0 unspecified atom stereocenters. The highest BCUT2D eigenvalue weighted by molar-refractivity contribution is 4.54. The minimum absolute atomic E-state index is 0. The van der Waals surface area contributed by atoms with Crippen LogP contribution in [0, 0.1) is 0 Å². The summed E-state index contributed by atoms with van der Waals surface area (Å²) in [5.74, 6) is 0. The molecule has 0 aromatic heterocycles. The van der Waals surface area contributed by atoms with Crippen LogP contribution in [0.2, 0.25) is 0 Å². The average molecular weight is 255 g/mol. The molecule has 2 heteroatoms. The molecular weight excluding hydrogens is 208 g/mol. The summed E-state index contributed by atoms with van der Waals surface area (Å²) in [6.45, 7) is 9.17. The van der Waals surface area contributed by atoms with E-state index >= 15 is 0 Å². The summed E-state index contributed by atoms with van der Waals surface area (Å²) in [4.78, 5) is 4.72. The molecule has 0 N–H and O–H groups in total. The van der Waals surface area contributed by atoms with Crippen molar-refractivity contribution in [3.8, 4) is 0 Å². The molecule has 0 bridgehead atoms. The molecule has 0 saturated heterocycles. The third-order valence-electron chi connectivity index (χ3n) is 2.01. The van der Waals surface area contributed by atoms with Crippen molar-refractivity contribution < 1.29 is 0 Å². The van der Waals surface area contributed by atoms with Crippen molar-refractivity contribution in [2.24, 2.45) is 0 Å². The van der Waals surface area contributed by atoms with Crippen LogP contribution in [0.15, 0.2) is 0 Å². The zero-order valence-corrected chi connectivity index (χ0v) is 8.43. The van der Waals surface area contributed by atoms with Crippen LogP contribution in [0.1, 0.15) is 64.8 Å². The van der Waals surface area contributed by atoms with Crippen molar-refractivity contribution in [3.05, 3.63) is 0 Å². The molecule has 17 heavy (non-hydrogen) atoms. The quantitative estimate of drug-likeness (QED) is 0.651. The maximum atomic E-state index is 2.38. The molecule has 0 aromatic rings. The zero-order chi connectivity index (χ0) is 8.69. The number of hydrogen-bond donors (Lipinski definition) is 0. The number of hydrogen-bond acceptors (Lipinski definition) is 2. The SMILES string of the molecule is C.C.C.C.C.C.CCCN(C)CCN(C)CC. The first-order valence-corrected chi connectivity index (χ1v) is 4.57. The molecule has 2 nitrogen and oxygen atoms in total. The first-order valence-electron chi connectivity index (χ1n) is 4.57. The highest BCUT2D eigenvalue weighted by Crippen LogP contribution is 1.87. The van der Waals surface area contributed by atoms with E-state index < -0.39 is 0 Å². The number of nitrogens with zero attached hydrogens (tertiary/aromatic N) is 2. The molecule has 0 aromatic carbocycles. The van der Waals surface area contributed by atoms with Gasteiger partial charge in [-0.1, -0.05) is 58.4 Å². The first-order chi connectivity index (χ1) is 5.20. The molecule has 0 aliphatic heterocycles. The largest absolute Gasteiger partial charge is 0.305 e. The monoisotopic (exact) mass is 254 g/mol. The summed E-state index contributed by atoms with van der Waals surface area (Å²) in [5.41, 5.74) is 0. The summed E-state index contributed by atoms with van der Waals surface area (Å²) >= 11 is 0. The molecule has 0 aliphatic carbocycles. The van der Waals surface area contributed by atoms with Crippen molar-refractivity contribution in [1.82, 2.24) is 9.80 Å². The van der Waals surface area contributed by atoms with Crippen molar-refractivity contribution in [1.29, 1.82) is 0 Å². The molecule has 116 valence electrons. The highest BCUT2D eigenvalue weighted by atomic mass is 15.2. The second kappa shape index (κ2) is 29.7.